The monoisotopic (exact) mass is 417 g/mol. The number of aliphatic hydroxyl groups is 1. The van der Waals surface area contributed by atoms with Gasteiger partial charge in [0.05, 0.1) is 32.3 Å². The van der Waals surface area contributed by atoms with Crippen LogP contribution < -0.4 is 20.7 Å². The first-order chi connectivity index (χ1) is 14.6. The standard InChI is InChI=1S/C22H31N3O5/c1-29-17-9-7-16(8-10-17)24-22(28)25-19-12-11-18(30-20(19)14-26)13-21(27)23-15-5-3-2-4-6-15/h7-12,15,18-20,26H,2-6,13-14H2,1H3,(H,23,27)(H2,24,25,28)/t18-,19-,20+/m1/s1. The molecule has 1 aliphatic carbocycles. The van der Waals surface area contributed by atoms with Crippen LogP contribution in [-0.4, -0.2) is 55.1 Å². The van der Waals surface area contributed by atoms with Crippen molar-refractivity contribution in [2.45, 2.75) is 62.8 Å². The summed E-state index contributed by atoms with van der Waals surface area (Å²) in [4.78, 5) is 24.6. The van der Waals surface area contributed by atoms with E-state index < -0.39 is 24.3 Å². The van der Waals surface area contributed by atoms with Crippen LogP contribution in [0.25, 0.3) is 0 Å². The van der Waals surface area contributed by atoms with Crippen molar-refractivity contribution in [3.8, 4) is 5.75 Å². The van der Waals surface area contributed by atoms with Gasteiger partial charge in [-0.1, -0.05) is 31.4 Å². The number of urea groups is 1. The molecule has 3 atom stereocenters. The Morgan fingerprint density at radius 1 is 1.10 bits per heavy atom. The topological polar surface area (TPSA) is 109 Å². The highest BCUT2D eigenvalue weighted by atomic mass is 16.5. The Morgan fingerprint density at radius 3 is 2.50 bits per heavy atom. The van der Waals surface area contributed by atoms with E-state index in [1.165, 1.54) is 6.42 Å². The molecule has 0 aromatic heterocycles. The maximum atomic E-state index is 12.3. The SMILES string of the molecule is COc1ccc(NC(=O)N[C@@H]2C=C[C@H](CC(=O)NC3CCCCC3)O[C@H]2CO)cc1. The number of aliphatic hydroxyl groups excluding tert-OH is 1. The molecule has 8 heteroatoms. The van der Waals surface area contributed by atoms with Crippen molar-refractivity contribution in [2.24, 2.45) is 0 Å². The largest absolute Gasteiger partial charge is 0.497 e. The second-order valence-electron chi connectivity index (χ2n) is 7.74. The van der Waals surface area contributed by atoms with E-state index in [1.54, 1.807) is 43.5 Å². The van der Waals surface area contributed by atoms with E-state index >= 15 is 0 Å². The predicted molar refractivity (Wildman–Crippen MR) is 113 cm³/mol. The molecule has 1 aromatic carbocycles. The van der Waals surface area contributed by atoms with E-state index in [0.717, 1.165) is 25.7 Å². The molecule has 4 N–H and O–H groups in total. The normalized spacial score (nSPS) is 24.1. The first-order valence-corrected chi connectivity index (χ1v) is 10.5. The van der Waals surface area contributed by atoms with E-state index in [-0.39, 0.29) is 25.0 Å². The summed E-state index contributed by atoms with van der Waals surface area (Å²) in [5.41, 5.74) is 0.617. The van der Waals surface area contributed by atoms with Crippen molar-refractivity contribution in [1.29, 1.82) is 0 Å². The Hall–Kier alpha value is -2.58. The second kappa shape index (κ2) is 11.0. The fourth-order valence-electron chi connectivity index (χ4n) is 3.85. The third kappa shape index (κ3) is 6.47. The number of carbonyl (C=O) groups excluding carboxylic acids is 2. The van der Waals surface area contributed by atoms with E-state index in [0.29, 0.717) is 11.4 Å². The van der Waals surface area contributed by atoms with Gasteiger partial charge in [-0.2, -0.15) is 0 Å². The number of anilines is 1. The van der Waals surface area contributed by atoms with Gasteiger partial charge in [-0.3, -0.25) is 4.79 Å². The Bertz CT molecular complexity index is 731. The minimum Gasteiger partial charge on any atom is -0.497 e. The molecule has 0 unspecified atom stereocenters. The number of rotatable bonds is 7. The smallest absolute Gasteiger partial charge is 0.319 e. The van der Waals surface area contributed by atoms with Crippen molar-refractivity contribution < 1.29 is 24.2 Å². The third-order valence-electron chi connectivity index (χ3n) is 5.47. The highest BCUT2D eigenvalue weighted by Gasteiger charge is 2.29. The van der Waals surface area contributed by atoms with Crippen LogP contribution in [0.2, 0.25) is 0 Å². The van der Waals surface area contributed by atoms with Gasteiger partial charge in [-0.15, -0.1) is 0 Å². The van der Waals surface area contributed by atoms with Gasteiger partial charge in [0.1, 0.15) is 11.9 Å². The van der Waals surface area contributed by atoms with Crippen LogP contribution in [0.1, 0.15) is 38.5 Å². The van der Waals surface area contributed by atoms with Crippen LogP contribution in [-0.2, 0) is 9.53 Å². The predicted octanol–water partition coefficient (Wildman–Crippen LogP) is 2.34. The van der Waals surface area contributed by atoms with Gasteiger partial charge in [0, 0.05) is 11.7 Å². The van der Waals surface area contributed by atoms with Crippen molar-refractivity contribution in [1.82, 2.24) is 10.6 Å². The molecule has 1 saturated carbocycles. The van der Waals surface area contributed by atoms with Gasteiger partial charge < -0.3 is 30.5 Å². The van der Waals surface area contributed by atoms with Gasteiger partial charge in [0.15, 0.2) is 0 Å². The maximum absolute atomic E-state index is 12.3. The lowest BCUT2D eigenvalue weighted by Crippen LogP contribution is -2.50. The number of methoxy groups -OCH3 is 1. The highest BCUT2D eigenvalue weighted by molar-refractivity contribution is 5.89. The number of benzene rings is 1. The summed E-state index contributed by atoms with van der Waals surface area (Å²) in [6.07, 6.45) is 8.31. The molecule has 3 rings (SSSR count). The van der Waals surface area contributed by atoms with Crippen molar-refractivity contribution in [2.75, 3.05) is 19.0 Å². The molecule has 1 aromatic rings. The van der Waals surface area contributed by atoms with Crippen LogP contribution in [0.3, 0.4) is 0 Å². The maximum Gasteiger partial charge on any atom is 0.319 e. The van der Waals surface area contributed by atoms with Crippen LogP contribution in [0.4, 0.5) is 10.5 Å². The summed E-state index contributed by atoms with van der Waals surface area (Å²) in [5, 5.41) is 18.3. The molecule has 3 amide bonds. The summed E-state index contributed by atoms with van der Waals surface area (Å²) in [6, 6.07) is 6.31. The fraction of sp³-hybridized carbons (Fsp3) is 0.545. The van der Waals surface area contributed by atoms with Crippen molar-refractivity contribution in [3.05, 3.63) is 36.4 Å². The van der Waals surface area contributed by atoms with Gasteiger partial charge in [0.2, 0.25) is 5.91 Å². The Morgan fingerprint density at radius 2 is 1.83 bits per heavy atom. The van der Waals surface area contributed by atoms with Crippen LogP contribution in [0.15, 0.2) is 36.4 Å². The molecule has 0 spiro atoms. The van der Waals surface area contributed by atoms with Crippen molar-refractivity contribution in [3.63, 3.8) is 0 Å². The lowest BCUT2D eigenvalue weighted by molar-refractivity contribution is -0.126. The number of nitrogens with one attached hydrogen (secondary N) is 3. The summed E-state index contributed by atoms with van der Waals surface area (Å²) in [5.74, 6) is 0.653. The molecule has 0 saturated heterocycles. The first kappa shape index (κ1) is 22.1. The minimum absolute atomic E-state index is 0.0445. The molecule has 164 valence electrons. The number of ether oxygens (including phenoxy) is 2. The molecule has 1 fully saturated rings. The highest BCUT2D eigenvalue weighted by Crippen LogP contribution is 2.20. The molecule has 0 radical (unpaired) electrons. The van der Waals surface area contributed by atoms with Gasteiger partial charge in [-0.25, -0.2) is 4.79 Å². The summed E-state index contributed by atoms with van der Waals surface area (Å²) in [7, 11) is 1.58. The van der Waals surface area contributed by atoms with Crippen LogP contribution in [0.5, 0.6) is 5.75 Å². The molecular formula is C22H31N3O5. The summed E-state index contributed by atoms with van der Waals surface area (Å²) in [6.45, 7) is -0.265. The Labute approximate surface area is 177 Å². The number of hydrogen-bond donors (Lipinski definition) is 4. The molecule has 1 heterocycles. The average molecular weight is 418 g/mol. The van der Waals surface area contributed by atoms with E-state index in [9.17, 15) is 14.7 Å². The number of hydrogen-bond acceptors (Lipinski definition) is 5. The summed E-state index contributed by atoms with van der Waals surface area (Å²) < 4.78 is 10.9. The zero-order chi connectivity index (χ0) is 21.3. The fourth-order valence-corrected chi connectivity index (χ4v) is 3.85. The minimum atomic E-state index is -0.621. The molecule has 30 heavy (non-hydrogen) atoms. The molecule has 1 aliphatic heterocycles. The van der Waals surface area contributed by atoms with E-state index in [4.69, 9.17) is 9.47 Å². The first-order valence-electron chi connectivity index (χ1n) is 10.5. The Balaban J connectivity index is 1.48. The van der Waals surface area contributed by atoms with E-state index in [2.05, 4.69) is 16.0 Å². The van der Waals surface area contributed by atoms with Crippen LogP contribution >= 0.6 is 0 Å². The molecule has 8 nitrogen and oxygen atoms in total. The zero-order valence-electron chi connectivity index (χ0n) is 17.3. The lowest BCUT2D eigenvalue weighted by Gasteiger charge is -2.32. The zero-order valence-corrected chi connectivity index (χ0v) is 17.3. The lowest BCUT2D eigenvalue weighted by atomic mass is 9.95. The Kier molecular flexibility index (Phi) is 8.10. The average Bonchev–Trinajstić information content (AvgIpc) is 2.76. The quantitative estimate of drug-likeness (QED) is 0.509. The van der Waals surface area contributed by atoms with Crippen LogP contribution in [0, 0.1) is 0 Å². The number of amides is 3. The molecular weight excluding hydrogens is 386 g/mol. The van der Waals surface area contributed by atoms with Gasteiger partial charge >= 0.3 is 6.03 Å². The third-order valence-corrected chi connectivity index (χ3v) is 5.47. The van der Waals surface area contributed by atoms with Crippen molar-refractivity contribution >= 4 is 17.6 Å². The van der Waals surface area contributed by atoms with Gasteiger partial charge in [0.25, 0.3) is 0 Å². The van der Waals surface area contributed by atoms with E-state index in [1.807, 2.05) is 0 Å². The molecule has 0 bridgehead atoms. The summed E-state index contributed by atoms with van der Waals surface area (Å²) >= 11 is 0. The molecule has 2 aliphatic rings. The second-order valence-corrected chi connectivity index (χ2v) is 7.74. The number of carbonyl (C=O) groups is 2. The van der Waals surface area contributed by atoms with Gasteiger partial charge in [-0.05, 0) is 37.1 Å².